The maximum atomic E-state index is 14.5. The van der Waals surface area contributed by atoms with Gasteiger partial charge in [0.2, 0.25) is 5.91 Å². The van der Waals surface area contributed by atoms with Gasteiger partial charge in [-0.05, 0) is 110 Å². The molecule has 2 unspecified atom stereocenters. The van der Waals surface area contributed by atoms with E-state index in [1.807, 2.05) is 0 Å². The van der Waals surface area contributed by atoms with Crippen LogP contribution in [-0.2, 0) is 9.53 Å². The van der Waals surface area contributed by atoms with E-state index in [4.69, 9.17) is 4.74 Å². The summed E-state index contributed by atoms with van der Waals surface area (Å²) in [7, 11) is 0. The Kier molecular flexibility index (Phi) is 8.93. The number of allylic oxidation sites excluding steroid dienone is 2. The molecule has 8 atom stereocenters. The molecule has 1 aromatic heterocycles. The molecule has 4 saturated carbocycles. The van der Waals surface area contributed by atoms with Crippen LogP contribution in [0.3, 0.4) is 0 Å². The van der Waals surface area contributed by atoms with Crippen LogP contribution in [0.25, 0.3) is 0 Å². The summed E-state index contributed by atoms with van der Waals surface area (Å²) in [5, 5.41) is 0. The Morgan fingerprint density at radius 1 is 0.896 bits per heavy atom. The minimum Gasteiger partial charge on any atom is -0.462 e. The Hall–Kier alpha value is -2.44. The second kappa shape index (κ2) is 12.1. The summed E-state index contributed by atoms with van der Waals surface area (Å²) in [6.45, 7) is 19.2. The highest BCUT2D eigenvalue weighted by Crippen LogP contribution is 2.76. The number of aromatic amines is 1. The molecular formula is C41H62N2O5. The van der Waals surface area contributed by atoms with Crippen molar-refractivity contribution in [2.45, 2.75) is 158 Å². The van der Waals surface area contributed by atoms with E-state index in [9.17, 15) is 19.2 Å². The summed E-state index contributed by atoms with van der Waals surface area (Å²) in [4.78, 5) is 54.6. The average molecular weight is 663 g/mol. The van der Waals surface area contributed by atoms with E-state index in [-0.39, 0.29) is 51.0 Å². The van der Waals surface area contributed by atoms with Crippen LogP contribution in [0.2, 0.25) is 0 Å². The first-order chi connectivity index (χ1) is 22.4. The summed E-state index contributed by atoms with van der Waals surface area (Å²) in [6, 6.07) is 1.29. The van der Waals surface area contributed by atoms with Gasteiger partial charge in [-0.3, -0.25) is 19.4 Å². The molecule has 5 aliphatic carbocycles. The highest BCUT2D eigenvalue weighted by atomic mass is 16.5. The molecule has 1 heterocycles. The van der Waals surface area contributed by atoms with Crippen LogP contribution in [-0.4, -0.2) is 27.5 Å². The zero-order chi connectivity index (χ0) is 34.9. The molecule has 0 spiro atoms. The van der Waals surface area contributed by atoms with E-state index < -0.39 is 16.7 Å². The van der Waals surface area contributed by atoms with Crippen molar-refractivity contribution in [1.29, 1.82) is 0 Å². The lowest BCUT2D eigenvalue weighted by Gasteiger charge is -2.71. The molecular weight excluding hydrogens is 600 g/mol. The van der Waals surface area contributed by atoms with Gasteiger partial charge in [0, 0.05) is 24.1 Å². The van der Waals surface area contributed by atoms with Gasteiger partial charge >= 0.3 is 11.7 Å². The van der Waals surface area contributed by atoms with Crippen LogP contribution in [0.4, 0.5) is 0 Å². The number of rotatable bonds is 7. The van der Waals surface area contributed by atoms with Gasteiger partial charge in [0.1, 0.15) is 6.10 Å². The number of H-pyrrole nitrogens is 1. The molecule has 4 fully saturated rings. The summed E-state index contributed by atoms with van der Waals surface area (Å²) >= 11 is 0. The molecule has 0 radical (unpaired) electrons. The van der Waals surface area contributed by atoms with Crippen LogP contribution in [0, 0.1) is 50.2 Å². The molecule has 0 saturated heterocycles. The van der Waals surface area contributed by atoms with Gasteiger partial charge in [-0.15, -0.1) is 0 Å². The number of esters is 1. The maximum absolute atomic E-state index is 14.5. The van der Waals surface area contributed by atoms with Crippen LogP contribution in [0.15, 0.2) is 33.5 Å². The third-order valence-electron chi connectivity index (χ3n) is 15.6. The first-order valence-corrected chi connectivity index (χ1v) is 19.2. The Morgan fingerprint density at radius 2 is 1.62 bits per heavy atom. The van der Waals surface area contributed by atoms with Gasteiger partial charge in [0.25, 0.3) is 5.56 Å². The van der Waals surface area contributed by atoms with Crippen molar-refractivity contribution in [3.8, 4) is 0 Å². The summed E-state index contributed by atoms with van der Waals surface area (Å²) in [6.07, 6.45) is 18.3. The predicted molar refractivity (Wildman–Crippen MR) is 190 cm³/mol. The van der Waals surface area contributed by atoms with Gasteiger partial charge < -0.3 is 4.74 Å². The number of hydrogen-bond donors (Lipinski definition) is 1. The first kappa shape index (κ1) is 35.4. The summed E-state index contributed by atoms with van der Waals surface area (Å²) in [5.74, 6) is 0.877. The molecule has 1 N–H and O–H groups in total. The van der Waals surface area contributed by atoms with Crippen molar-refractivity contribution >= 4 is 11.9 Å². The molecule has 0 bridgehead atoms. The van der Waals surface area contributed by atoms with Crippen molar-refractivity contribution in [3.05, 3.63) is 44.8 Å². The third-order valence-corrected chi connectivity index (χ3v) is 15.6. The van der Waals surface area contributed by atoms with E-state index >= 15 is 0 Å². The lowest BCUT2D eigenvalue weighted by molar-refractivity contribution is -0.212. The van der Waals surface area contributed by atoms with E-state index in [2.05, 4.69) is 66.4 Å². The molecule has 1 aromatic rings. The largest absolute Gasteiger partial charge is 0.462 e. The normalized spacial score (nSPS) is 39.5. The first-order valence-electron chi connectivity index (χ1n) is 19.2. The van der Waals surface area contributed by atoms with Gasteiger partial charge in [-0.1, -0.05) is 86.3 Å². The SMILES string of the molecule is CCCCCCC(=O)O[C@H]1CC[C@@]2(C)C(CC[C@]3(C)C2CC=C2[C@@H]4CC(C)(C)CC[C@]4(C(=O)n4ccc(=O)[nH]c4=O)CC[C@]23C)C1(C)C. The Balaban J connectivity index is 1.31. The standard InChI is InChI=1S/C41H62N2O5/c1-9-10-11-12-13-33(45)48-31-17-19-38(6)29(37(31,4)5)16-20-40(8)30(38)15-14-27-28-26-36(2,3)21-23-41(28,24-22-39(27,40)7)34(46)43-25-18-32(44)42-35(43)47/h14,18,25,28-31H,9-13,15-17,19-24,26H2,1-8H3,(H,42,44,47)/t28-,29?,30?,31-,38-,39+,40+,41-/m0/s1. The van der Waals surface area contributed by atoms with E-state index in [0.29, 0.717) is 18.3 Å². The van der Waals surface area contributed by atoms with E-state index in [1.165, 1.54) is 28.8 Å². The lowest BCUT2D eigenvalue weighted by Crippen LogP contribution is -2.65. The molecule has 6 rings (SSSR count). The second-order valence-electron chi connectivity index (χ2n) is 18.8. The van der Waals surface area contributed by atoms with Crippen molar-refractivity contribution in [2.24, 2.45) is 50.2 Å². The predicted octanol–water partition coefficient (Wildman–Crippen LogP) is 8.86. The minimum absolute atomic E-state index is 0.0223. The molecule has 0 aliphatic heterocycles. The van der Waals surface area contributed by atoms with Crippen LogP contribution >= 0.6 is 0 Å². The molecule has 0 amide bonds. The van der Waals surface area contributed by atoms with E-state index in [1.54, 1.807) is 0 Å². The molecule has 0 aromatic carbocycles. The number of carbonyl (C=O) groups is 2. The number of aromatic nitrogens is 2. The molecule has 5 aliphatic rings. The average Bonchev–Trinajstić information content (AvgIpc) is 3.00. The van der Waals surface area contributed by atoms with Crippen LogP contribution in [0.5, 0.6) is 0 Å². The van der Waals surface area contributed by atoms with Gasteiger partial charge in [-0.2, -0.15) is 0 Å². The summed E-state index contributed by atoms with van der Waals surface area (Å²) in [5.41, 5.74) is -0.132. The number of nitrogens with one attached hydrogen (secondary N) is 1. The smallest absolute Gasteiger partial charge is 0.335 e. The number of fused-ring (bicyclic) bond motifs is 7. The van der Waals surface area contributed by atoms with Crippen LogP contribution < -0.4 is 11.2 Å². The summed E-state index contributed by atoms with van der Waals surface area (Å²) < 4.78 is 7.47. The van der Waals surface area contributed by atoms with Crippen molar-refractivity contribution in [2.75, 3.05) is 0 Å². The lowest BCUT2D eigenvalue weighted by atomic mass is 9.33. The molecule has 7 nitrogen and oxygen atoms in total. The quantitative estimate of drug-likeness (QED) is 0.179. The Bertz CT molecular complexity index is 1580. The topological polar surface area (TPSA) is 98.2 Å². The second-order valence-corrected chi connectivity index (χ2v) is 18.8. The zero-order valence-electron chi connectivity index (χ0n) is 31.1. The van der Waals surface area contributed by atoms with Crippen molar-refractivity contribution in [3.63, 3.8) is 0 Å². The molecule has 7 heteroatoms. The van der Waals surface area contributed by atoms with Gasteiger partial charge in [0.05, 0.1) is 5.41 Å². The molecule has 266 valence electrons. The fourth-order valence-electron chi connectivity index (χ4n) is 12.5. The van der Waals surface area contributed by atoms with Crippen molar-refractivity contribution in [1.82, 2.24) is 9.55 Å². The third kappa shape index (κ3) is 5.34. The Morgan fingerprint density at radius 3 is 2.33 bits per heavy atom. The number of carbonyl (C=O) groups excluding carboxylic acids is 2. The minimum atomic E-state index is -0.645. The highest BCUT2D eigenvalue weighted by molar-refractivity contribution is 5.86. The van der Waals surface area contributed by atoms with Crippen LogP contribution in [0.1, 0.15) is 156 Å². The fourth-order valence-corrected chi connectivity index (χ4v) is 12.5. The van der Waals surface area contributed by atoms with Crippen molar-refractivity contribution < 1.29 is 14.3 Å². The highest BCUT2D eigenvalue weighted by Gasteiger charge is 2.69. The number of ether oxygens (including phenoxy) is 1. The molecule has 48 heavy (non-hydrogen) atoms. The maximum Gasteiger partial charge on any atom is 0.335 e. The Labute approximate surface area is 288 Å². The van der Waals surface area contributed by atoms with Gasteiger partial charge in [-0.25, -0.2) is 9.36 Å². The number of unbranched alkanes of at least 4 members (excludes halogenated alkanes) is 3. The fraction of sp³-hybridized carbons (Fsp3) is 0.805. The monoisotopic (exact) mass is 662 g/mol. The zero-order valence-corrected chi connectivity index (χ0v) is 31.1. The number of nitrogens with zero attached hydrogens (tertiary/aromatic N) is 1. The van der Waals surface area contributed by atoms with E-state index in [0.717, 1.165) is 83.5 Å². The van der Waals surface area contributed by atoms with Gasteiger partial charge in [0.15, 0.2) is 0 Å². The number of hydrogen-bond acceptors (Lipinski definition) is 5.